The van der Waals surface area contributed by atoms with E-state index in [1.54, 1.807) is 15.3 Å². The topological polar surface area (TPSA) is 452 Å². The molecule has 0 saturated carbocycles. The van der Waals surface area contributed by atoms with Crippen LogP contribution in [0.1, 0.15) is 64.2 Å². The predicted octanol–water partition coefficient (Wildman–Crippen LogP) is -3.44. The Balaban J connectivity index is 0.000000380. The molecule has 30 heteroatoms. The fourth-order valence-electron chi connectivity index (χ4n) is 7.36. The number of likely N-dealkylation sites (tertiary alicyclic amines) is 2. The Morgan fingerprint density at radius 3 is 1.51 bits per heavy atom. The number of hydrogen-bond donors (Lipinski definition) is 14. The highest BCUT2D eigenvalue weighted by molar-refractivity contribution is 7.99. The summed E-state index contributed by atoms with van der Waals surface area (Å²) in [6, 6.07) is -4.68. The number of carboxylic acid groups (broad SMARTS) is 4. The SMILES string of the molecule is Nc1nc(SCC(NC(=O)CCC(N)C(=O)O)C(=O)NCC(=O)O)cn1CC(O)CN1CCCCC1.Nc1ncc(SCC(NC(=O)CCC(N)C(=O)O)C(=O)NCC(=O)O)n1CC(O)CN1CCCCC1. The molecule has 2 aromatic heterocycles. The number of nitrogens with one attached hydrogen (secondary N) is 4. The number of carboxylic acids is 4. The third-order valence-electron chi connectivity index (χ3n) is 11.2. The monoisotopic (exact) mass is 1060 g/mol. The normalized spacial score (nSPS) is 16.6. The summed E-state index contributed by atoms with van der Waals surface area (Å²) in [6.07, 6.45) is 7.91. The Kier molecular flexibility index (Phi) is 26.6. The first-order valence-corrected chi connectivity index (χ1v) is 25.3. The molecule has 4 heterocycles. The average Bonchev–Trinajstić information content (AvgIpc) is 3.87. The van der Waals surface area contributed by atoms with Gasteiger partial charge in [0.25, 0.3) is 0 Å². The van der Waals surface area contributed by atoms with Crippen molar-refractivity contribution in [3.8, 4) is 0 Å². The number of thioether (sulfide) groups is 2. The first-order valence-electron chi connectivity index (χ1n) is 23.4. The number of hydrogen-bond acceptors (Lipinski definition) is 20. The van der Waals surface area contributed by atoms with Gasteiger partial charge in [-0.15, -0.1) is 23.5 Å². The number of aliphatic hydroxyl groups excluding tert-OH is 2. The average molecular weight is 1060 g/mol. The molecule has 2 fully saturated rings. The Labute approximate surface area is 423 Å². The quantitative estimate of drug-likeness (QED) is 0.0339. The van der Waals surface area contributed by atoms with Crippen molar-refractivity contribution in [3.05, 3.63) is 12.4 Å². The lowest BCUT2D eigenvalue weighted by Crippen LogP contribution is -2.49. The summed E-state index contributed by atoms with van der Waals surface area (Å²) >= 11 is 2.27. The lowest BCUT2D eigenvalue weighted by Gasteiger charge is -2.28. The molecule has 0 spiro atoms. The van der Waals surface area contributed by atoms with Crippen LogP contribution in [0.25, 0.3) is 0 Å². The van der Waals surface area contributed by atoms with Crippen LogP contribution in [0, 0.1) is 0 Å². The van der Waals surface area contributed by atoms with Gasteiger partial charge in [-0.05, 0) is 64.7 Å². The molecule has 4 rings (SSSR count). The first-order chi connectivity index (χ1) is 34.1. The number of β-amino-alcohol motifs (C(OH)–C–C–N with tert-alkyl or cyclic N) is 2. The van der Waals surface area contributed by atoms with Crippen molar-refractivity contribution in [2.45, 2.75) is 124 Å². The molecule has 6 atom stereocenters. The van der Waals surface area contributed by atoms with Crippen molar-refractivity contribution >= 4 is 82.9 Å². The fourth-order valence-corrected chi connectivity index (χ4v) is 9.31. The molecule has 4 amide bonds. The summed E-state index contributed by atoms with van der Waals surface area (Å²) in [7, 11) is 0. The molecular weight excluding hydrogens is 989 g/mol. The Hall–Kier alpha value is -5.76. The summed E-state index contributed by atoms with van der Waals surface area (Å²) in [5.41, 5.74) is 22.8. The molecular formula is C42H70N14O14S2. The number of piperidine rings is 2. The number of nitrogens with zero attached hydrogens (tertiary/aromatic N) is 6. The van der Waals surface area contributed by atoms with Gasteiger partial charge in [0.1, 0.15) is 42.3 Å². The number of anilines is 2. The summed E-state index contributed by atoms with van der Waals surface area (Å²) in [4.78, 5) is 106. The van der Waals surface area contributed by atoms with Crippen LogP contribution in [0.4, 0.5) is 11.9 Å². The Morgan fingerprint density at radius 2 is 1.07 bits per heavy atom. The van der Waals surface area contributed by atoms with Crippen LogP contribution < -0.4 is 44.2 Å². The number of aromatic nitrogens is 4. The van der Waals surface area contributed by atoms with Gasteiger partial charge in [0, 0.05) is 43.6 Å². The van der Waals surface area contributed by atoms with E-state index in [9.17, 15) is 48.6 Å². The highest BCUT2D eigenvalue weighted by atomic mass is 32.2. The first kappa shape index (κ1) is 60.5. The lowest BCUT2D eigenvalue weighted by atomic mass is 10.1. The summed E-state index contributed by atoms with van der Waals surface area (Å²) < 4.78 is 3.24. The van der Waals surface area contributed by atoms with E-state index in [-0.39, 0.29) is 62.2 Å². The molecule has 72 heavy (non-hydrogen) atoms. The smallest absolute Gasteiger partial charge is 0.322 e. The standard InChI is InChI=1S/2C21H35N7O7S/c22-14(20(34)35)4-5-16(30)26-15(19(33)24-9-18(31)32)12-36-17-8-25-21(23)28(17)11-13(29)10-27-6-2-1-3-7-27;22-14(20(34)35)4-5-16(30)25-15(19(33)24-8-18(31)32)12-36-17-11-28(21(23)26-17)10-13(29)9-27-6-2-1-3-7-27/h8,13-15,29H,1-7,9-12,22H2,(H2,23,25)(H,24,33)(H,26,30)(H,31,32)(H,34,35);11,13-15,29H,1-10,12,22H2,(H2,23,26)(H,24,33)(H,25,30)(H,31,32)(H,34,35). The molecule has 0 aromatic carbocycles. The van der Waals surface area contributed by atoms with Gasteiger partial charge in [-0.1, -0.05) is 12.8 Å². The van der Waals surface area contributed by atoms with Gasteiger partial charge in [-0.25, -0.2) is 9.97 Å². The van der Waals surface area contributed by atoms with Crippen molar-refractivity contribution in [2.75, 3.05) is 75.3 Å². The second kappa shape index (κ2) is 31.6. The number of carbonyl (C=O) groups excluding carboxylic acids is 4. The number of rotatable bonds is 30. The molecule has 2 aliphatic heterocycles. The van der Waals surface area contributed by atoms with Gasteiger partial charge in [-0.3, -0.25) is 38.4 Å². The molecule has 0 aliphatic carbocycles. The van der Waals surface area contributed by atoms with Gasteiger partial charge >= 0.3 is 23.9 Å². The van der Waals surface area contributed by atoms with Crippen molar-refractivity contribution < 1.29 is 69.0 Å². The van der Waals surface area contributed by atoms with Gasteiger partial charge < -0.3 is 93.8 Å². The Morgan fingerprint density at radius 1 is 0.625 bits per heavy atom. The van der Waals surface area contributed by atoms with E-state index in [1.807, 2.05) is 0 Å². The summed E-state index contributed by atoms with van der Waals surface area (Å²) in [6.45, 7) is 3.99. The number of nitrogen functional groups attached to an aromatic ring is 2. The van der Waals surface area contributed by atoms with Gasteiger partial charge in [-0.2, -0.15) is 0 Å². The zero-order valence-corrected chi connectivity index (χ0v) is 41.6. The van der Waals surface area contributed by atoms with Crippen molar-refractivity contribution in [3.63, 3.8) is 0 Å². The van der Waals surface area contributed by atoms with Crippen LogP contribution in [0.15, 0.2) is 22.4 Å². The van der Waals surface area contributed by atoms with E-state index in [0.717, 1.165) is 75.4 Å². The number of aliphatic hydroxyl groups is 2. The Bertz CT molecular complexity index is 2100. The van der Waals surface area contributed by atoms with Crippen LogP contribution >= 0.6 is 23.5 Å². The highest BCUT2D eigenvalue weighted by Gasteiger charge is 2.27. The van der Waals surface area contributed by atoms with Gasteiger partial charge in [0.2, 0.25) is 35.5 Å². The number of imidazole rings is 2. The van der Waals surface area contributed by atoms with Crippen molar-refractivity contribution in [1.82, 2.24) is 50.2 Å². The number of amides is 4. The second-order valence-electron chi connectivity index (χ2n) is 17.2. The van der Waals surface area contributed by atoms with E-state index in [2.05, 4.69) is 41.0 Å². The molecule has 404 valence electrons. The van der Waals surface area contributed by atoms with Crippen molar-refractivity contribution in [1.29, 1.82) is 0 Å². The second-order valence-corrected chi connectivity index (χ2v) is 19.3. The predicted molar refractivity (Wildman–Crippen MR) is 262 cm³/mol. The van der Waals surface area contributed by atoms with E-state index in [4.69, 9.17) is 43.4 Å². The van der Waals surface area contributed by atoms with E-state index in [1.165, 1.54) is 19.0 Å². The van der Waals surface area contributed by atoms with Crippen LogP contribution in [0.3, 0.4) is 0 Å². The van der Waals surface area contributed by atoms with Crippen LogP contribution in [-0.4, -0.2) is 207 Å². The molecule has 0 radical (unpaired) electrons. The molecule has 0 bridgehead atoms. The summed E-state index contributed by atoms with van der Waals surface area (Å²) in [5, 5.41) is 66.8. The van der Waals surface area contributed by atoms with Crippen LogP contribution in [-0.2, 0) is 51.4 Å². The molecule has 6 unspecified atom stereocenters. The molecule has 2 aromatic rings. The van der Waals surface area contributed by atoms with E-state index >= 15 is 0 Å². The van der Waals surface area contributed by atoms with Crippen LogP contribution in [0.2, 0.25) is 0 Å². The lowest BCUT2D eigenvalue weighted by molar-refractivity contribution is -0.140. The molecule has 18 N–H and O–H groups in total. The zero-order valence-electron chi connectivity index (χ0n) is 39.9. The maximum Gasteiger partial charge on any atom is 0.322 e. The van der Waals surface area contributed by atoms with Gasteiger partial charge in [0.05, 0.1) is 36.5 Å². The third kappa shape index (κ3) is 23.2. The fraction of sp³-hybridized carbons (Fsp3) is 0.667. The minimum absolute atomic E-state index is 0.00889. The van der Waals surface area contributed by atoms with Crippen LogP contribution in [0.5, 0.6) is 0 Å². The maximum atomic E-state index is 12.5. The van der Waals surface area contributed by atoms with Gasteiger partial charge in [0.15, 0.2) is 0 Å². The summed E-state index contributed by atoms with van der Waals surface area (Å²) in [5.74, 6) is -7.24. The van der Waals surface area contributed by atoms with E-state index in [0.29, 0.717) is 23.1 Å². The highest BCUT2D eigenvalue weighted by Crippen LogP contribution is 2.24. The number of nitrogens with two attached hydrogens (primary N) is 4. The molecule has 2 saturated heterocycles. The third-order valence-corrected chi connectivity index (χ3v) is 13.3. The molecule has 28 nitrogen and oxygen atoms in total. The van der Waals surface area contributed by atoms with Crippen molar-refractivity contribution in [2.24, 2.45) is 11.5 Å². The maximum absolute atomic E-state index is 12.5. The molecule has 2 aliphatic rings. The number of aliphatic carboxylic acids is 4. The zero-order chi connectivity index (χ0) is 53.3. The minimum atomic E-state index is -1.25. The minimum Gasteiger partial charge on any atom is -0.480 e. The van der Waals surface area contributed by atoms with E-state index < -0.39 is 97.0 Å². The number of carbonyl (C=O) groups is 8. The largest absolute Gasteiger partial charge is 0.480 e.